The Bertz CT molecular complexity index is 2390. The Morgan fingerprint density at radius 2 is 1.60 bits per heavy atom. The molecule has 4 aliphatic rings. The molecule has 1 heterocycles. The van der Waals surface area contributed by atoms with Crippen molar-refractivity contribution in [1.82, 2.24) is 4.90 Å². The summed E-state index contributed by atoms with van der Waals surface area (Å²) in [5.74, 6) is -0.515. The van der Waals surface area contributed by atoms with Gasteiger partial charge in [0.25, 0.3) is 5.69 Å². The third-order valence-electron chi connectivity index (χ3n) is 13.7. The number of rotatable bonds is 25. The summed E-state index contributed by atoms with van der Waals surface area (Å²) in [4.78, 5) is 33.7. The van der Waals surface area contributed by atoms with Crippen LogP contribution in [0.25, 0.3) is 11.1 Å². The van der Waals surface area contributed by atoms with Crippen LogP contribution < -0.4 is 9.47 Å². The van der Waals surface area contributed by atoms with Gasteiger partial charge in [-0.2, -0.15) is 0 Å². The van der Waals surface area contributed by atoms with E-state index in [0.717, 1.165) is 60.8 Å². The number of hydrogen-bond acceptors (Lipinski definition) is 12. The second-order valence-corrected chi connectivity index (χ2v) is 18.1. The van der Waals surface area contributed by atoms with E-state index < -0.39 is 22.7 Å². The first-order chi connectivity index (χ1) is 33.3. The highest BCUT2D eigenvalue weighted by molar-refractivity contribution is 6.03. The summed E-state index contributed by atoms with van der Waals surface area (Å²) in [5.41, 5.74) is 5.29. The molecule has 360 valence electrons. The first-order valence-corrected chi connectivity index (χ1v) is 24.0. The largest absolute Gasteiger partial charge is 0.459 e. The van der Waals surface area contributed by atoms with Gasteiger partial charge >= 0.3 is 0 Å². The minimum atomic E-state index is -1.45. The number of nitrogens with zero attached hydrogens (tertiary/aromatic N) is 3. The minimum Gasteiger partial charge on any atom is -0.459 e. The summed E-state index contributed by atoms with van der Waals surface area (Å²) >= 11 is 0. The molecule has 2 fully saturated rings. The lowest BCUT2D eigenvalue weighted by Gasteiger charge is -2.60. The molecule has 0 saturated heterocycles. The number of nitro groups is 1. The van der Waals surface area contributed by atoms with Crippen LogP contribution in [0.1, 0.15) is 74.8 Å². The summed E-state index contributed by atoms with van der Waals surface area (Å²) in [6.45, 7) is 4.68. The second kappa shape index (κ2) is 22.9. The van der Waals surface area contributed by atoms with E-state index in [4.69, 9.17) is 28.9 Å². The van der Waals surface area contributed by atoms with Crippen LogP contribution in [0.3, 0.4) is 0 Å². The third kappa shape index (κ3) is 11.0. The molecule has 8 rings (SSSR count). The van der Waals surface area contributed by atoms with E-state index in [-0.39, 0.29) is 94.5 Å². The van der Waals surface area contributed by atoms with Crippen LogP contribution in [0, 0.1) is 33.8 Å². The second-order valence-electron chi connectivity index (χ2n) is 18.1. The number of nitro benzene ring substituents is 1. The zero-order valence-corrected chi connectivity index (χ0v) is 38.5. The molecule has 1 aliphatic heterocycles. The molecular formula is C54H63N3O11. The number of carbonyl (C=O) groups is 1. The topological polar surface area (TPSA) is 183 Å². The van der Waals surface area contributed by atoms with Gasteiger partial charge in [-0.1, -0.05) is 72.6 Å². The molecule has 68 heavy (non-hydrogen) atoms. The fourth-order valence-corrected chi connectivity index (χ4v) is 10.4. The van der Waals surface area contributed by atoms with E-state index in [1.54, 1.807) is 18.2 Å². The Morgan fingerprint density at radius 3 is 2.29 bits per heavy atom. The van der Waals surface area contributed by atoms with Crippen LogP contribution in [0.5, 0.6) is 17.2 Å². The zero-order chi connectivity index (χ0) is 47.5. The lowest BCUT2D eigenvalue weighted by molar-refractivity contribution is -0.384. The molecule has 0 spiro atoms. The summed E-state index contributed by atoms with van der Waals surface area (Å²) in [6.07, 6.45) is 10.1. The Balaban J connectivity index is 1.27. The van der Waals surface area contributed by atoms with Gasteiger partial charge in [0.15, 0.2) is 0 Å². The van der Waals surface area contributed by atoms with Gasteiger partial charge in [-0.05, 0) is 115 Å². The van der Waals surface area contributed by atoms with Crippen molar-refractivity contribution in [2.75, 3.05) is 46.2 Å². The van der Waals surface area contributed by atoms with Crippen molar-refractivity contribution < 1.29 is 48.8 Å². The van der Waals surface area contributed by atoms with Crippen LogP contribution in [-0.4, -0.2) is 94.8 Å². The number of hydrogen-bond donors (Lipinski definition) is 3. The average Bonchev–Trinajstić information content (AvgIpc) is 4.22. The average molecular weight is 930 g/mol. The van der Waals surface area contributed by atoms with Crippen molar-refractivity contribution in [2.45, 2.75) is 82.1 Å². The summed E-state index contributed by atoms with van der Waals surface area (Å²) in [5, 5.41) is 45.9. The number of benzene rings is 4. The van der Waals surface area contributed by atoms with Gasteiger partial charge in [-0.15, -0.1) is 6.58 Å². The lowest BCUT2D eigenvalue weighted by Crippen LogP contribution is -2.70. The first-order valence-electron chi connectivity index (χ1n) is 24.0. The van der Waals surface area contributed by atoms with Gasteiger partial charge in [0.2, 0.25) is 11.7 Å². The van der Waals surface area contributed by atoms with E-state index >= 15 is 0 Å². The number of oxime groups is 1. The van der Waals surface area contributed by atoms with Crippen LogP contribution in [0.2, 0.25) is 0 Å². The smallest absolute Gasteiger partial charge is 0.269 e. The molecule has 1 amide bonds. The van der Waals surface area contributed by atoms with Crippen LogP contribution in [0.15, 0.2) is 127 Å². The van der Waals surface area contributed by atoms with Crippen molar-refractivity contribution in [2.24, 2.45) is 28.8 Å². The molecule has 0 radical (unpaired) electrons. The van der Waals surface area contributed by atoms with E-state index in [1.165, 1.54) is 12.1 Å². The van der Waals surface area contributed by atoms with Gasteiger partial charge in [0.1, 0.15) is 29.9 Å². The van der Waals surface area contributed by atoms with E-state index in [1.807, 2.05) is 59.5 Å². The Kier molecular flexibility index (Phi) is 16.4. The van der Waals surface area contributed by atoms with Crippen molar-refractivity contribution in [3.8, 4) is 28.4 Å². The Labute approximate surface area is 398 Å². The molecular weight excluding hydrogens is 867 g/mol. The van der Waals surface area contributed by atoms with Gasteiger partial charge in [0, 0.05) is 55.7 Å². The molecule has 0 bridgehead atoms. The number of fused-ring (bicyclic) bond motifs is 2. The molecule has 0 aromatic heterocycles. The number of non-ortho nitro benzene ring substituents is 1. The van der Waals surface area contributed by atoms with Crippen LogP contribution in [0.4, 0.5) is 5.69 Å². The lowest BCUT2D eigenvalue weighted by atomic mass is 9.55. The first kappa shape index (κ1) is 48.6. The molecule has 0 unspecified atom stereocenters. The van der Waals surface area contributed by atoms with Gasteiger partial charge in [-0.25, -0.2) is 0 Å². The molecule has 4 aromatic rings. The maximum atomic E-state index is 14.7. The van der Waals surface area contributed by atoms with Gasteiger partial charge < -0.3 is 44.0 Å². The maximum Gasteiger partial charge on any atom is 0.269 e. The number of ether oxygens (including phenoxy) is 4. The number of aliphatic hydroxyl groups excluding tert-OH is 3. The number of amides is 1. The molecule has 6 atom stereocenters. The third-order valence-corrected chi connectivity index (χ3v) is 13.7. The van der Waals surface area contributed by atoms with E-state index in [2.05, 4.69) is 30.9 Å². The zero-order valence-electron chi connectivity index (χ0n) is 38.5. The quantitative estimate of drug-likeness (QED) is 0.0249. The van der Waals surface area contributed by atoms with Crippen molar-refractivity contribution in [3.63, 3.8) is 0 Å². The fraction of sp³-hybridized carbons (Fsp3) is 0.444. The van der Waals surface area contributed by atoms with E-state index in [0.29, 0.717) is 41.4 Å². The molecule has 4 aromatic carbocycles. The summed E-state index contributed by atoms with van der Waals surface area (Å²) < 4.78 is 27.0. The highest BCUT2D eigenvalue weighted by atomic mass is 16.7. The normalized spacial score (nSPS) is 23.1. The molecule has 3 aliphatic carbocycles. The standard InChI is InChI=1S/C54H63N3O11/c1-2-30-65-54-50(56(26-31-64-32-29-60)53(61)40-16-17-40)35-48(55-66-36-37-14-20-42(21-15-37)57(62)63)46-33-41(12-6-8-27-58)45(13-7-9-28-59)51(52(46)54)47-34-44(24-25-49(47)68-54)67-43-22-18-39(19-23-43)38-10-4-3-5-11-38/h2-5,10-11,14-15,18-25,33-34,40-41,45,50-52,58-60H,1,6-9,12-13,16-17,26-32,35-36H2/t41-,45+,50-,51+,52+,54+/m0/s1. The highest BCUT2D eigenvalue weighted by Crippen LogP contribution is 2.62. The molecule has 2 saturated carbocycles. The summed E-state index contributed by atoms with van der Waals surface area (Å²) in [7, 11) is 0. The highest BCUT2D eigenvalue weighted by Gasteiger charge is 2.66. The predicted molar refractivity (Wildman–Crippen MR) is 257 cm³/mol. The predicted octanol–water partition coefficient (Wildman–Crippen LogP) is 9.14. The minimum absolute atomic E-state index is 0.00486. The monoisotopic (exact) mass is 929 g/mol. The summed E-state index contributed by atoms with van der Waals surface area (Å²) in [6, 6.07) is 29.5. The van der Waals surface area contributed by atoms with E-state index in [9.17, 15) is 30.2 Å². The SMILES string of the molecule is C=CCO[C@@]12Oc3ccc(Oc4ccc(-c5ccccc5)cc4)cc3[C@H]3[C@H](CCCCO)[C@@H](CCCCO)C=C(C(=NOCc4ccc([N+](=O)[O-])cc4)C[C@@H]1N(CCOCCO)C(=O)C1CC1)[C@H]32. The molecule has 3 N–H and O–H groups in total. The maximum absolute atomic E-state index is 14.7. The number of carbonyl (C=O) groups excluding carboxylic acids is 1. The van der Waals surface area contributed by atoms with Crippen molar-refractivity contribution >= 4 is 17.3 Å². The number of aliphatic hydroxyl groups is 3. The van der Waals surface area contributed by atoms with Crippen LogP contribution in [-0.2, 0) is 25.7 Å². The van der Waals surface area contributed by atoms with Crippen molar-refractivity contribution in [1.29, 1.82) is 0 Å². The fourth-order valence-electron chi connectivity index (χ4n) is 10.4. The van der Waals surface area contributed by atoms with Gasteiger partial charge in [-0.3, -0.25) is 14.9 Å². The molecule has 14 heteroatoms. The van der Waals surface area contributed by atoms with Gasteiger partial charge in [0.05, 0.1) is 43.0 Å². The Morgan fingerprint density at radius 1 is 0.882 bits per heavy atom. The number of allylic oxidation sites excluding steroid dienone is 1. The Hall–Kier alpha value is -5.90. The molecule has 14 nitrogen and oxygen atoms in total. The van der Waals surface area contributed by atoms with Crippen molar-refractivity contribution in [3.05, 3.63) is 143 Å². The van der Waals surface area contributed by atoms with Crippen LogP contribution >= 0.6 is 0 Å². The number of unbranched alkanes of at least 4 members (excludes halogenated alkanes) is 2.